The van der Waals surface area contributed by atoms with Crippen LogP contribution in [0.15, 0.2) is 36.4 Å². The Balaban J connectivity index is 1.69. The molecule has 0 spiro atoms. The maximum Gasteiger partial charge on any atom is 0.261 e. The molecular formula is C24H24N2O4. The molecule has 0 saturated heterocycles. The third-order valence-corrected chi connectivity index (χ3v) is 5.37. The fourth-order valence-corrected chi connectivity index (χ4v) is 4.00. The molecule has 6 heteroatoms. The van der Waals surface area contributed by atoms with Crippen LogP contribution in [-0.4, -0.2) is 46.5 Å². The topological polar surface area (TPSA) is 74.8 Å². The standard InChI is InChI=1S/C24H24N2O4/c1-13(2)11-25-21(27)17-7-5-15(9-19(17)23(25)29)16-6-8-18-20(10-16)24(30)26(22(18)28)12-14(3)4/h5-10,13-14H,11-12H2,1-4H3. The second kappa shape index (κ2) is 7.20. The average Bonchev–Trinajstić information content (AvgIpc) is 3.07. The molecule has 6 nitrogen and oxygen atoms in total. The summed E-state index contributed by atoms with van der Waals surface area (Å²) in [5.74, 6) is -0.757. The van der Waals surface area contributed by atoms with Crippen LogP contribution < -0.4 is 0 Å². The minimum absolute atomic E-state index is 0.181. The monoisotopic (exact) mass is 404 g/mol. The summed E-state index contributed by atoms with van der Waals surface area (Å²) in [6.07, 6.45) is 0. The van der Waals surface area contributed by atoms with Crippen LogP contribution in [0.3, 0.4) is 0 Å². The van der Waals surface area contributed by atoms with Crippen molar-refractivity contribution in [2.75, 3.05) is 13.1 Å². The van der Waals surface area contributed by atoms with Gasteiger partial charge in [0, 0.05) is 13.1 Å². The van der Waals surface area contributed by atoms with Crippen LogP contribution in [0.25, 0.3) is 11.1 Å². The van der Waals surface area contributed by atoms with Crippen LogP contribution in [0.5, 0.6) is 0 Å². The lowest BCUT2D eigenvalue weighted by atomic mass is 9.97. The summed E-state index contributed by atoms with van der Waals surface area (Å²) in [7, 11) is 0. The van der Waals surface area contributed by atoms with E-state index >= 15 is 0 Å². The van der Waals surface area contributed by atoms with Crippen molar-refractivity contribution < 1.29 is 19.2 Å². The first-order valence-corrected chi connectivity index (χ1v) is 10.2. The van der Waals surface area contributed by atoms with Crippen LogP contribution in [0, 0.1) is 11.8 Å². The molecule has 2 aromatic carbocycles. The first kappa shape index (κ1) is 20.0. The average molecular weight is 404 g/mol. The Labute approximate surface area is 175 Å². The van der Waals surface area contributed by atoms with E-state index < -0.39 is 0 Å². The lowest BCUT2D eigenvalue weighted by Gasteiger charge is -2.15. The molecule has 0 radical (unpaired) electrons. The second-order valence-electron chi connectivity index (χ2n) is 8.75. The van der Waals surface area contributed by atoms with Gasteiger partial charge in [-0.25, -0.2) is 0 Å². The predicted octanol–water partition coefficient (Wildman–Crippen LogP) is 3.86. The van der Waals surface area contributed by atoms with Crippen molar-refractivity contribution in [2.24, 2.45) is 11.8 Å². The van der Waals surface area contributed by atoms with E-state index in [-0.39, 0.29) is 35.5 Å². The number of fused-ring (bicyclic) bond motifs is 2. The molecule has 2 aliphatic rings. The summed E-state index contributed by atoms with van der Waals surface area (Å²) in [4.78, 5) is 53.2. The summed E-state index contributed by atoms with van der Waals surface area (Å²) in [6, 6.07) is 10.3. The van der Waals surface area contributed by atoms with E-state index in [9.17, 15) is 19.2 Å². The van der Waals surface area contributed by atoms with Crippen molar-refractivity contribution >= 4 is 23.6 Å². The highest BCUT2D eigenvalue weighted by Gasteiger charge is 2.37. The van der Waals surface area contributed by atoms with E-state index in [1.54, 1.807) is 36.4 Å². The predicted molar refractivity (Wildman–Crippen MR) is 112 cm³/mol. The molecule has 0 unspecified atom stereocenters. The Bertz CT molecular complexity index is 1010. The Kier molecular flexibility index (Phi) is 4.80. The molecule has 154 valence electrons. The summed E-state index contributed by atoms with van der Waals surface area (Å²) < 4.78 is 0. The number of nitrogens with zero attached hydrogens (tertiary/aromatic N) is 2. The number of rotatable bonds is 5. The van der Waals surface area contributed by atoms with Crippen molar-refractivity contribution in [2.45, 2.75) is 27.7 Å². The van der Waals surface area contributed by atoms with Crippen LogP contribution in [0.1, 0.15) is 69.1 Å². The Morgan fingerprint density at radius 3 is 1.23 bits per heavy atom. The van der Waals surface area contributed by atoms with Gasteiger partial charge in [-0.05, 0) is 47.2 Å². The highest BCUT2D eigenvalue weighted by atomic mass is 16.2. The number of benzene rings is 2. The van der Waals surface area contributed by atoms with Gasteiger partial charge in [0.1, 0.15) is 0 Å². The number of carbonyl (C=O) groups is 4. The summed E-state index contributed by atoms with van der Waals surface area (Å²) >= 11 is 0. The lowest BCUT2D eigenvalue weighted by molar-refractivity contribution is 0.0621. The van der Waals surface area contributed by atoms with E-state index in [1.807, 2.05) is 27.7 Å². The minimum Gasteiger partial charge on any atom is -0.274 e. The first-order valence-electron chi connectivity index (χ1n) is 10.2. The number of hydrogen-bond donors (Lipinski definition) is 0. The van der Waals surface area contributed by atoms with E-state index in [0.29, 0.717) is 35.3 Å². The van der Waals surface area contributed by atoms with Gasteiger partial charge >= 0.3 is 0 Å². The number of amides is 4. The van der Waals surface area contributed by atoms with Gasteiger partial charge in [-0.15, -0.1) is 0 Å². The van der Waals surface area contributed by atoms with Crippen molar-refractivity contribution in [3.63, 3.8) is 0 Å². The van der Waals surface area contributed by atoms with Gasteiger partial charge in [-0.2, -0.15) is 0 Å². The highest BCUT2D eigenvalue weighted by molar-refractivity contribution is 6.23. The van der Waals surface area contributed by atoms with Gasteiger partial charge in [0.15, 0.2) is 0 Å². The summed E-state index contributed by atoms with van der Waals surface area (Å²) in [6.45, 7) is 8.59. The van der Waals surface area contributed by atoms with Crippen LogP contribution in [0.2, 0.25) is 0 Å². The molecule has 2 aromatic rings. The molecule has 4 rings (SSSR count). The van der Waals surface area contributed by atoms with Crippen LogP contribution in [-0.2, 0) is 0 Å². The zero-order valence-corrected chi connectivity index (χ0v) is 17.6. The molecule has 0 aromatic heterocycles. The largest absolute Gasteiger partial charge is 0.274 e. The van der Waals surface area contributed by atoms with E-state index in [4.69, 9.17) is 0 Å². The van der Waals surface area contributed by atoms with E-state index in [2.05, 4.69) is 0 Å². The molecule has 0 fully saturated rings. The second-order valence-corrected chi connectivity index (χ2v) is 8.75. The molecular weight excluding hydrogens is 380 g/mol. The van der Waals surface area contributed by atoms with Gasteiger partial charge in [-0.3, -0.25) is 29.0 Å². The van der Waals surface area contributed by atoms with Crippen molar-refractivity contribution in [3.8, 4) is 11.1 Å². The zero-order valence-electron chi connectivity index (χ0n) is 17.6. The summed E-state index contributed by atoms with van der Waals surface area (Å²) in [5, 5.41) is 0. The molecule has 2 aliphatic heterocycles. The first-order chi connectivity index (χ1) is 14.2. The molecule has 0 bridgehead atoms. The maximum absolute atomic E-state index is 12.8. The molecule has 0 saturated carbocycles. The molecule has 0 atom stereocenters. The quantitative estimate of drug-likeness (QED) is 0.710. The molecule has 30 heavy (non-hydrogen) atoms. The van der Waals surface area contributed by atoms with Crippen molar-refractivity contribution in [1.82, 2.24) is 9.80 Å². The Morgan fingerprint density at radius 2 is 0.900 bits per heavy atom. The normalized spacial score (nSPS) is 15.7. The molecule has 4 amide bonds. The van der Waals surface area contributed by atoms with Crippen molar-refractivity contribution in [3.05, 3.63) is 58.7 Å². The Hall–Kier alpha value is -3.28. The number of hydrogen-bond acceptors (Lipinski definition) is 4. The smallest absolute Gasteiger partial charge is 0.261 e. The maximum atomic E-state index is 12.8. The molecule has 0 aliphatic carbocycles. The van der Waals surface area contributed by atoms with Gasteiger partial charge in [0.25, 0.3) is 23.6 Å². The Morgan fingerprint density at radius 1 is 0.567 bits per heavy atom. The molecule has 0 N–H and O–H groups in total. The van der Waals surface area contributed by atoms with E-state index in [1.165, 1.54) is 9.80 Å². The highest BCUT2D eigenvalue weighted by Crippen LogP contribution is 2.32. The fraction of sp³-hybridized carbons (Fsp3) is 0.333. The lowest BCUT2D eigenvalue weighted by Crippen LogP contribution is -2.33. The minimum atomic E-state index is -0.291. The van der Waals surface area contributed by atoms with Gasteiger partial charge in [-0.1, -0.05) is 39.8 Å². The fourth-order valence-electron chi connectivity index (χ4n) is 4.00. The van der Waals surface area contributed by atoms with E-state index in [0.717, 1.165) is 11.1 Å². The third kappa shape index (κ3) is 3.12. The van der Waals surface area contributed by atoms with Crippen LogP contribution in [0.4, 0.5) is 0 Å². The number of carbonyl (C=O) groups excluding carboxylic acids is 4. The summed E-state index contributed by atoms with van der Waals surface area (Å²) in [5.41, 5.74) is 3.02. The number of imide groups is 2. The third-order valence-electron chi connectivity index (χ3n) is 5.37. The zero-order chi connectivity index (χ0) is 21.7. The van der Waals surface area contributed by atoms with Crippen molar-refractivity contribution in [1.29, 1.82) is 0 Å². The molecule has 2 heterocycles. The van der Waals surface area contributed by atoms with Gasteiger partial charge in [0.2, 0.25) is 0 Å². The van der Waals surface area contributed by atoms with Gasteiger partial charge < -0.3 is 0 Å². The van der Waals surface area contributed by atoms with Crippen LogP contribution >= 0.6 is 0 Å². The van der Waals surface area contributed by atoms with Gasteiger partial charge in [0.05, 0.1) is 22.3 Å². The SMILES string of the molecule is CC(C)CN1C(=O)c2ccc(-c3ccc4c(c3)C(=O)N(CC(C)C)C4=O)cc2C1=O.